The number of hydrogen-bond donors (Lipinski definition) is 0. The monoisotopic (exact) mass is 821 g/mol. The van der Waals surface area contributed by atoms with E-state index in [0.29, 0.717) is 10.8 Å². The van der Waals surface area contributed by atoms with Gasteiger partial charge in [0.05, 0.1) is 0 Å². The van der Waals surface area contributed by atoms with Crippen molar-refractivity contribution in [2.45, 2.75) is 112 Å². The molecule has 0 N–H and O–H groups in total. The number of hydrogen-bond acceptors (Lipinski definition) is 0. The number of benzene rings is 4. The number of halogens is 2. The fourth-order valence-corrected chi connectivity index (χ4v) is 42.4. The topological polar surface area (TPSA) is 0 Å². The van der Waals surface area contributed by atoms with Crippen LogP contribution in [0.3, 0.4) is 0 Å². The van der Waals surface area contributed by atoms with E-state index < -0.39 is 21.5 Å². The molecule has 0 radical (unpaired) electrons. The molecule has 0 bridgehead atoms. The Kier molecular flexibility index (Phi) is 9.71. The molecule has 52 heavy (non-hydrogen) atoms. The molecular weight excluding hydrogens is 767 g/mol. The first-order chi connectivity index (χ1) is 24.8. The molecule has 2 atom stereocenters. The van der Waals surface area contributed by atoms with E-state index in [2.05, 4.69) is 138 Å². The average molecular weight is 824 g/mol. The van der Waals surface area contributed by atoms with Crippen LogP contribution in [0.5, 0.6) is 0 Å². The van der Waals surface area contributed by atoms with Crippen LogP contribution < -0.4 is 0 Å². The molecule has 4 heteroatoms. The summed E-state index contributed by atoms with van der Waals surface area (Å²) < 4.78 is 0.237. The Bertz CT molecular complexity index is 1910. The first kappa shape index (κ1) is 37.0. The van der Waals surface area contributed by atoms with Gasteiger partial charge in [0.25, 0.3) is 0 Å². The van der Waals surface area contributed by atoms with Crippen molar-refractivity contribution in [3.8, 4) is 22.3 Å². The molecule has 2 fully saturated rings. The molecule has 4 aromatic rings. The van der Waals surface area contributed by atoms with Crippen molar-refractivity contribution in [2.24, 2.45) is 10.8 Å². The Morgan fingerprint density at radius 3 is 1.29 bits per heavy atom. The van der Waals surface area contributed by atoms with Crippen LogP contribution in [0.4, 0.5) is 0 Å². The molecule has 0 spiro atoms. The van der Waals surface area contributed by atoms with Crippen LogP contribution in [0.1, 0.15) is 119 Å². The van der Waals surface area contributed by atoms with E-state index in [-0.39, 0.29) is 7.25 Å². The number of allylic oxidation sites excluding steroid dienone is 2. The second-order valence-electron chi connectivity index (χ2n) is 18.4. The van der Waals surface area contributed by atoms with Crippen LogP contribution in [0.25, 0.3) is 34.4 Å². The van der Waals surface area contributed by atoms with Crippen molar-refractivity contribution in [1.29, 1.82) is 0 Å². The molecule has 2 saturated carbocycles. The Morgan fingerprint density at radius 1 is 0.577 bits per heavy atom. The molecule has 0 aromatic heterocycles. The van der Waals surface area contributed by atoms with Crippen LogP contribution >= 0.6 is 17.0 Å². The summed E-state index contributed by atoms with van der Waals surface area (Å²) in [5.41, 5.74) is 17.1. The first-order valence-corrected chi connectivity index (χ1v) is 36.5. The van der Waals surface area contributed by atoms with E-state index in [1.807, 2.05) is 0 Å². The van der Waals surface area contributed by atoms with Gasteiger partial charge in [-0.25, -0.2) is 0 Å². The Labute approximate surface area is 322 Å². The zero-order chi connectivity index (χ0) is 36.5. The second kappa shape index (κ2) is 13.7. The molecule has 0 amide bonds. The van der Waals surface area contributed by atoms with Crippen LogP contribution in [-0.4, -0.2) is 5.92 Å². The molecule has 0 aliphatic heterocycles. The normalized spacial score (nSPS) is 22.5. The quantitative estimate of drug-likeness (QED) is 0.148. The fourth-order valence-electron chi connectivity index (χ4n) is 11.1. The molecular formula is C48H57Cl2SiZr. The maximum absolute atomic E-state index is 9.04. The fraction of sp³-hybridized carbons (Fsp3) is 0.417. The first-order valence-electron chi connectivity index (χ1n) is 20.2. The Hall–Kier alpha value is -1.96. The predicted octanol–water partition coefficient (Wildman–Crippen LogP) is 15.1. The van der Waals surface area contributed by atoms with E-state index in [4.69, 9.17) is 17.0 Å². The van der Waals surface area contributed by atoms with Gasteiger partial charge in [-0.3, -0.25) is 0 Å². The molecule has 2 unspecified atom stereocenters. The van der Waals surface area contributed by atoms with Crippen LogP contribution in [0.15, 0.2) is 96.1 Å². The summed E-state index contributed by atoms with van der Waals surface area (Å²) in [5.74, 6) is -1.69. The van der Waals surface area contributed by atoms with Crippen molar-refractivity contribution >= 4 is 35.1 Å². The minimum absolute atomic E-state index is 0.119. The molecule has 8 rings (SSSR count). The maximum atomic E-state index is 9.04. The number of rotatable bonds is 9. The third-order valence-corrected chi connectivity index (χ3v) is 66.0. The van der Waals surface area contributed by atoms with Gasteiger partial charge in [-0.15, -0.1) is 0 Å². The van der Waals surface area contributed by atoms with Crippen LogP contribution in [0.2, 0.25) is 13.1 Å². The van der Waals surface area contributed by atoms with Crippen molar-refractivity contribution in [1.82, 2.24) is 0 Å². The van der Waals surface area contributed by atoms with Crippen LogP contribution in [0, 0.1) is 24.7 Å². The summed E-state index contributed by atoms with van der Waals surface area (Å²) in [7, 11) is 18.1. The van der Waals surface area contributed by atoms with E-state index in [1.165, 1.54) is 107 Å². The molecule has 4 aliphatic rings. The summed E-state index contributed by atoms with van der Waals surface area (Å²) in [6.45, 7) is 14.5. The van der Waals surface area contributed by atoms with E-state index in [1.54, 1.807) is 11.1 Å². The van der Waals surface area contributed by atoms with Crippen molar-refractivity contribution in [3.05, 3.63) is 129 Å². The summed E-state index contributed by atoms with van der Waals surface area (Å²) in [6, 6.07) is 32.3. The molecule has 4 aromatic carbocycles. The zero-order valence-electron chi connectivity index (χ0n) is 32.3. The van der Waals surface area contributed by atoms with Crippen LogP contribution in [-0.2, 0) is 15.6 Å². The SMILES string of the molecule is Cc1ccc(-c2cccc3c2C=C(CC2(C)CCCC2)[CH]3[Zr]([Cl])([Cl])([CH]2C(CC3(C)CCCC3)=Cc3c(-c4ccc(C)cc4)cccc32)[SiH](C)C)cc1. The average Bonchev–Trinajstić information content (AvgIpc) is 3.91. The Morgan fingerprint density at radius 2 is 0.942 bits per heavy atom. The van der Waals surface area contributed by atoms with E-state index >= 15 is 0 Å². The van der Waals surface area contributed by atoms with Gasteiger partial charge in [-0.2, -0.15) is 0 Å². The summed E-state index contributed by atoms with van der Waals surface area (Å²) in [4.78, 5) is 0. The third-order valence-electron chi connectivity index (χ3n) is 14.1. The molecule has 0 heterocycles. The van der Waals surface area contributed by atoms with Gasteiger partial charge in [0.2, 0.25) is 0 Å². The standard InChI is InChI=1S/2C23H25.C2H7Si.2ClH.Zr/c2*1-17-8-10-19(11-9-17)21-7-5-6-20-14-18(15-22(20)21)16-23(2)12-3-4-13-23;1-3-2;;;/h2*5-11,14-15H,3-4,12-13,16H2,1-2H3;3H,1-2H3;2*1H;/q;;;;;+2/p-2. The third kappa shape index (κ3) is 6.29. The summed E-state index contributed by atoms with van der Waals surface area (Å²) in [6.07, 6.45) is 17.9. The summed E-state index contributed by atoms with van der Waals surface area (Å²) >= 11 is -4.99. The van der Waals surface area contributed by atoms with Gasteiger partial charge in [-0.05, 0) is 0 Å². The van der Waals surface area contributed by atoms with Gasteiger partial charge < -0.3 is 0 Å². The van der Waals surface area contributed by atoms with Gasteiger partial charge in [-0.1, -0.05) is 0 Å². The number of aryl methyl sites for hydroxylation is 2. The molecule has 0 nitrogen and oxygen atoms in total. The van der Waals surface area contributed by atoms with E-state index in [0.717, 1.165) is 12.8 Å². The van der Waals surface area contributed by atoms with Gasteiger partial charge in [0.15, 0.2) is 0 Å². The van der Waals surface area contributed by atoms with Crippen molar-refractivity contribution in [2.75, 3.05) is 0 Å². The van der Waals surface area contributed by atoms with Crippen molar-refractivity contribution < 1.29 is 15.6 Å². The van der Waals surface area contributed by atoms with Crippen molar-refractivity contribution in [3.63, 3.8) is 0 Å². The predicted molar refractivity (Wildman–Crippen MR) is 228 cm³/mol. The second-order valence-corrected chi connectivity index (χ2v) is 60.9. The molecule has 4 aliphatic carbocycles. The number of fused-ring (bicyclic) bond motifs is 2. The Balaban J connectivity index is 1.36. The van der Waals surface area contributed by atoms with Gasteiger partial charge in [0.1, 0.15) is 0 Å². The van der Waals surface area contributed by atoms with E-state index in [9.17, 15) is 0 Å². The summed E-state index contributed by atoms with van der Waals surface area (Å²) in [5, 5.41) is 0. The minimum atomic E-state index is -4.99. The van der Waals surface area contributed by atoms with Gasteiger partial charge >= 0.3 is 325 Å². The zero-order valence-corrected chi connectivity index (χ0v) is 37.4. The van der Waals surface area contributed by atoms with Gasteiger partial charge in [0, 0.05) is 0 Å². The molecule has 0 saturated heterocycles. The molecule has 271 valence electrons.